The van der Waals surface area contributed by atoms with E-state index in [1.807, 2.05) is 42.5 Å². The number of carbonyl (C=O) groups is 2. The molecule has 0 bridgehead atoms. The minimum Gasteiger partial charge on any atom is -0.456 e. The Balaban J connectivity index is 1.86. The number of benzene rings is 2. The molecule has 0 aromatic heterocycles. The van der Waals surface area contributed by atoms with Crippen LogP contribution in [0.5, 0.6) is 0 Å². The van der Waals surface area contributed by atoms with E-state index in [1.165, 1.54) is 0 Å². The zero-order valence-electron chi connectivity index (χ0n) is 13.0. The van der Waals surface area contributed by atoms with Crippen LogP contribution in [0.15, 0.2) is 64.3 Å². The van der Waals surface area contributed by atoms with Gasteiger partial charge in [0.25, 0.3) is 0 Å². The Morgan fingerprint density at radius 1 is 1.12 bits per heavy atom. The SMILES string of the molecule is O=C1OCC2=C1[C@H](c1ccccc1Cl)CC(=O)N2c1cccc(Br)c1. The highest BCUT2D eigenvalue weighted by Crippen LogP contribution is 2.43. The lowest BCUT2D eigenvalue weighted by Gasteiger charge is -2.32. The van der Waals surface area contributed by atoms with Crippen LogP contribution in [0.25, 0.3) is 0 Å². The van der Waals surface area contributed by atoms with Crippen LogP contribution in [0.4, 0.5) is 5.69 Å². The Morgan fingerprint density at radius 2 is 1.92 bits per heavy atom. The fourth-order valence-corrected chi connectivity index (χ4v) is 4.05. The first-order valence-electron chi connectivity index (χ1n) is 7.79. The van der Waals surface area contributed by atoms with Gasteiger partial charge in [0.15, 0.2) is 0 Å². The fraction of sp³-hybridized carbons (Fsp3) is 0.158. The monoisotopic (exact) mass is 417 g/mol. The van der Waals surface area contributed by atoms with Crippen LogP contribution in [-0.2, 0) is 14.3 Å². The number of rotatable bonds is 2. The summed E-state index contributed by atoms with van der Waals surface area (Å²) in [6, 6.07) is 14.7. The van der Waals surface area contributed by atoms with E-state index in [9.17, 15) is 9.59 Å². The van der Waals surface area contributed by atoms with Crippen LogP contribution in [-0.4, -0.2) is 18.5 Å². The maximum Gasteiger partial charge on any atom is 0.336 e. The molecule has 2 aromatic carbocycles. The van der Waals surface area contributed by atoms with Crippen molar-refractivity contribution in [3.8, 4) is 0 Å². The smallest absolute Gasteiger partial charge is 0.336 e. The molecular weight excluding hydrogens is 406 g/mol. The average Bonchev–Trinajstić information content (AvgIpc) is 2.96. The normalized spacial score (nSPS) is 19.9. The predicted molar refractivity (Wildman–Crippen MR) is 98.4 cm³/mol. The number of hydrogen-bond acceptors (Lipinski definition) is 3. The van der Waals surface area contributed by atoms with Gasteiger partial charge in [0.05, 0.1) is 11.3 Å². The number of halogens is 2. The summed E-state index contributed by atoms with van der Waals surface area (Å²) >= 11 is 9.73. The van der Waals surface area contributed by atoms with E-state index in [1.54, 1.807) is 11.0 Å². The standard InChI is InChI=1S/C19H13BrClNO3/c20-11-4-3-5-12(8-11)22-16-10-25-19(24)18(16)14(9-17(22)23)13-6-1-2-7-15(13)21/h1-8,14H,9-10H2/t14-/m0/s1. The molecule has 2 aromatic rings. The van der Waals surface area contributed by atoms with Crippen LogP contribution in [0.2, 0.25) is 5.02 Å². The molecule has 4 rings (SSSR count). The Bertz CT molecular complexity index is 924. The minimum absolute atomic E-state index is 0.0833. The van der Waals surface area contributed by atoms with E-state index < -0.39 is 0 Å². The van der Waals surface area contributed by atoms with E-state index in [4.69, 9.17) is 16.3 Å². The second kappa shape index (κ2) is 6.32. The molecule has 2 heterocycles. The number of esters is 1. The van der Waals surface area contributed by atoms with Crippen molar-refractivity contribution >= 4 is 45.1 Å². The van der Waals surface area contributed by atoms with Gasteiger partial charge in [-0.25, -0.2) is 4.79 Å². The molecule has 0 fully saturated rings. The van der Waals surface area contributed by atoms with Crippen molar-refractivity contribution in [2.24, 2.45) is 0 Å². The van der Waals surface area contributed by atoms with Crippen molar-refractivity contribution in [1.29, 1.82) is 0 Å². The maximum atomic E-state index is 12.9. The van der Waals surface area contributed by atoms with E-state index >= 15 is 0 Å². The third-order valence-corrected chi connectivity index (χ3v) is 5.30. The molecule has 0 saturated carbocycles. The molecule has 0 radical (unpaired) electrons. The van der Waals surface area contributed by atoms with Gasteiger partial charge < -0.3 is 4.74 Å². The minimum atomic E-state index is -0.382. The Labute approximate surface area is 158 Å². The van der Waals surface area contributed by atoms with E-state index in [2.05, 4.69) is 15.9 Å². The van der Waals surface area contributed by atoms with Gasteiger partial charge in [0, 0.05) is 27.5 Å². The number of carbonyl (C=O) groups excluding carboxylic acids is 2. The van der Waals surface area contributed by atoms with Gasteiger partial charge in [-0.15, -0.1) is 0 Å². The Kier molecular flexibility index (Phi) is 4.13. The predicted octanol–water partition coefficient (Wildman–Crippen LogP) is 4.43. The lowest BCUT2D eigenvalue weighted by molar-refractivity contribution is -0.136. The van der Waals surface area contributed by atoms with Gasteiger partial charge in [-0.05, 0) is 29.8 Å². The Morgan fingerprint density at radius 3 is 2.68 bits per heavy atom. The van der Waals surface area contributed by atoms with Gasteiger partial charge >= 0.3 is 5.97 Å². The average molecular weight is 419 g/mol. The third-order valence-electron chi connectivity index (χ3n) is 4.46. The van der Waals surface area contributed by atoms with Crippen molar-refractivity contribution in [1.82, 2.24) is 0 Å². The van der Waals surface area contributed by atoms with E-state index in [0.717, 1.165) is 10.0 Å². The van der Waals surface area contributed by atoms with Gasteiger partial charge in [0.2, 0.25) is 5.91 Å². The first kappa shape index (κ1) is 16.4. The summed E-state index contributed by atoms with van der Waals surface area (Å²) in [4.78, 5) is 26.9. The van der Waals surface area contributed by atoms with Crippen LogP contribution in [0.3, 0.4) is 0 Å². The molecule has 6 heteroatoms. The van der Waals surface area contributed by atoms with Gasteiger partial charge in [-0.2, -0.15) is 0 Å². The summed E-state index contributed by atoms with van der Waals surface area (Å²) in [5, 5.41) is 0.544. The molecular formula is C19H13BrClNO3. The number of anilines is 1. The summed E-state index contributed by atoms with van der Waals surface area (Å²) < 4.78 is 6.12. The molecule has 2 aliphatic heterocycles. The first-order valence-corrected chi connectivity index (χ1v) is 8.96. The number of cyclic esters (lactones) is 1. The molecule has 0 N–H and O–H groups in total. The molecule has 0 aliphatic carbocycles. The molecule has 2 aliphatic rings. The summed E-state index contributed by atoms with van der Waals surface area (Å²) in [5.41, 5.74) is 2.61. The zero-order valence-corrected chi connectivity index (χ0v) is 15.4. The largest absolute Gasteiger partial charge is 0.456 e. The molecule has 25 heavy (non-hydrogen) atoms. The summed E-state index contributed by atoms with van der Waals surface area (Å²) in [6.07, 6.45) is 0.171. The summed E-state index contributed by atoms with van der Waals surface area (Å²) in [7, 11) is 0. The number of nitrogens with zero attached hydrogens (tertiary/aromatic N) is 1. The maximum absolute atomic E-state index is 12.9. The molecule has 126 valence electrons. The van der Waals surface area contributed by atoms with Crippen LogP contribution in [0.1, 0.15) is 17.9 Å². The number of ether oxygens (including phenoxy) is 1. The highest BCUT2D eigenvalue weighted by Gasteiger charge is 2.43. The van der Waals surface area contributed by atoms with Crippen molar-refractivity contribution in [2.75, 3.05) is 11.5 Å². The highest BCUT2D eigenvalue weighted by molar-refractivity contribution is 9.10. The Hall–Kier alpha value is -2.11. The van der Waals surface area contributed by atoms with Crippen LogP contribution < -0.4 is 4.90 Å². The first-order chi connectivity index (χ1) is 12.1. The molecule has 0 unspecified atom stereocenters. The lowest BCUT2D eigenvalue weighted by atomic mass is 9.84. The highest BCUT2D eigenvalue weighted by atomic mass is 79.9. The summed E-state index contributed by atoms with van der Waals surface area (Å²) in [5.74, 6) is -0.845. The lowest BCUT2D eigenvalue weighted by Crippen LogP contribution is -2.37. The van der Waals surface area contributed by atoms with Gasteiger partial charge in [-0.3, -0.25) is 9.69 Å². The molecule has 4 nitrogen and oxygen atoms in total. The quantitative estimate of drug-likeness (QED) is 0.678. The van der Waals surface area contributed by atoms with Gasteiger partial charge in [-0.1, -0.05) is 51.8 Å². The molecule has 0 spiro atoms. The molecule has 1 amide bonds. The second-order valence-corrected chi connectivity index (χ2v) is 7.25. The number of hydrogen-bond donors (Lipinski definition) is 0. The topological polar surface area (TPSA) is 46.6 Å². The van der Waals surface area contributed by atoms with Crippen molar-refractivity contribution in [3.63, 3.8) is 0 Å². The molecule has 0 saturated heterocycles. The van der Waals surface area contributed by atoms with Crippen molar-refractivity contribution in [3.05, 3.63) is 74.9 Å². The molecule has 1 atom stereocenters. The fourth-order valence-electron chi connectivity index (χ4n) is 3.39. The van der Waals surface area contributed by atoms with Gasteiger partial charge in [0.1, 0.15) is 6.61 Å². The summed E-state index contributed by atoms with van der Waals surface area (Å²) in [6.45, 7) is 0.0906. The van der Waals surface area contributed by atoms with Crippen molar-refractivity contribution < 1.29 is 14.3 Å². The van der Waals surface area contributed by atoms with Crippen LogP contribution in [0, 0.1) is 0 Å². The zero-order chi connectivity index (χ0) is 17.6. The third kappa shape index (κ3) is 2.77. The second-order valence-electron chi connectivity index (χ2n) is 5.92. The van der Waals surface area contributed by atoms with E-state index in [0.29, 0.717) is 22.0 Å². The van der Waals surface area contributed by atoms with E-state index in [-0.39, 0.29) is 30.8 Å². The van der Waals surface area contributed by atoms with Crippen molar-refractivity contribution in [2.45, 2.75) is 12.3 Å². The number of amides is 1. The van der Waals surface area contributed by atoms with Crippen LogP contribution >= 0.6 is 27.5 Å².